The third-order valence-electron chi connectivity index (χ3n) is 5.08. The maximum absolute atomic E-state index is 11.5. The maximum atomic E-state index is 11.5. The van der Waals surface area contributed by atoms with Crippen LogP contribution in [0.5, 0.6) is 0 Å². The number of aryl methyl sites for hydroxylation is 1. The SMILES string of the molecule is CCc1ccc(-c2nn(C(C)C)c3c2C(C)Cc2nc(NC(C)=O)sc2-3)cn1. The minimum atomic E-state index is -0.0977. The molecule has 146 valence electrons. The molecule has 4 rings (SSSR count). The monoisotopic (exact) mass is 395 g/mol. The number of carbonyl (C=O) groups excluding carboxylic acids is 1. The van der Waals surface area contributed by atoms with Crippen molar-refractivity contribution in [1.29, 1.82) is 0 Å². The summed E-state index contributed by atoms with van der Waals surface area (Å²) >= 11 is 1.54. The lowest BCUT2D eigenvalue weighted by molar-refractivity contribution is -0.114. The molecule has 1 amide bonds. The number of amides is 1. The molecular weight excluding hydrogens is 370 g/mol. The van der Waals surface area contributed by atoms with Gasteiger partial charge in [-0.2, -0.15) is 5.10 Å². The second kappa shape index (κ2) is 7.13. The van der Waals surface area contributed by atoms with E-state index in [2.05, 4.69) is 59.8 Å². The molecule has 3 heterocycles. The van der Waals surface area contributed by atoms with Gasteiger partial charge in [0.25, 0.3) is 0 Å². The minimum Gasteiger partial charge on any atom is -0.302 e. The summed E-state index contributed by atoms with van der Waals surface area (Å²) in [5.41, 5.74) is 6.57. The Labute approximate surface area is 169 Å². The molecule has 1 N–H and O–H groups in total. The summed E-state index contributed by atoms with van der Waals surface area (Å²) < 4.78 is 2.10. The number of pyridine rings is 1. The van der Waals surface area contributed by atoms with Crippen molar-refractivity contribution in [2.45, 2.75) is 59.4 Å². The quantitative estimate of drug-likeness (QED) is 0.687. The lowest BCUT2D eigenvalue weighted by atomic mass is 9.86. The van der Waals surface area contributed by atoms with Gasteiger partial charge < -0.3 is 5.32 Å². The molecule has 7 heteroatoms. The molecule has 0 saturated carbocycles. The summed E-state index contributed by atoms with van der Waals surface area (Å²) in [7, 11) is 0. The van der Waals surface area contributed by atoms with Crippen LogP contribution in [0.1, 0.15) is 63.5 Å². The fourth-order valence-corrected chi connectivity index (χ4v) is 4.86. The van der Waals surface area contributed by atoms with E-state index in [4.69, 9.17) is 5.10 Å². The van der Waals surface area contributed by atoms with Gasteiger partial charge >= 0.3 is 0 Å². The van der Waals surface area contributed by atoms with Crippen LogP contribution < -0.4 is 5.32 Å². The number of nitrogens with one attached hydrogen (secondary N) is 1. The molecule has 28 heavy (non-hydrogen) atoms. The molecule has 0 bridgehead atoms. The molecule has 3 aromatic heterocycles. The molecular formula is C21H25N5OS. The Balaban J connectivity index is 1.90. The predicted octanol–water partition coefficient (Wildman–Crippen LogP) is 4.83. The van der Waals surface area contributed by atoms with E-state index >= 15 is 0 Å². The van der Waals surface area contributed by atoms with Crippen LogP contribution in [0.25, 0.3) is 21.8 Å². The topological polar surface area (TPSA) is 72.7 Å². The number of carbonyl (C=O) groups is 1. The van der Waals surface area contributed by atoms with Crippen molar-refractivity contribution >= 4 is 22.4 Å². The highest BCUT2D eigenvalue weighted by atomic mass is 32.1. The van der Waals surface area contributed by atoms with Gasteiger partial charge in [0.05, 0.1) is 22.0 Å². The van der Waals surface area contributed by atoms with Crippen LogP contribution in [0, 0.1) is 0 Å². The molecule has 0 aromatic carbocycles. The Morgan fingerprint density at radius 3 is 2.79 bits per heavy atom. The van der Waals surface area contributed by atoms with Crippen LogP contribution in [0.4, 0.5) is 5.13 Å². The zero-order chi connectivity index (χ0) is 20.0. The van der Waals surface area contributed by atoms with E-state index in [1.165, 1.54) is 23.8 Å². The first-order valence-electron chi connectivity index (χ1n) is 9.74. The number of nitrogens with zero attached hydrogens (tertiary/aromatic N) is 4. The van der Waals surface area contributed by atoms with Crippen LogP contribution in [-0.4, -0.2) is 25.7 Å². The normalized spacial score (nSPS) is 15.4. The van der Waals surface area contributed by atoms with E-state index in [-0.39, 0.29) is 11.9 Å². The van der Waals surface area contributed by atoms with Crippen LogP contribution >= 0.6 is 11.3 Å². The number of hydrogen-bond donors (Lipinski definition) is 1. The fraction of sp³-hybridized carbons (Fsp3) is 0.429. The van der Waals surface area contributed by atoms with E-state index in [0.29, 0.717) is 11.0 Å². The van der Waals surface area contributed by atoms with Gasteiger partial charge in [-0.25, -0.2) is 4.98 Å². The number of thiazole rings is 1. The van der Waals surface area contributed by atoms with Gasteiger partial charge in [-0.15, -0.1) is 0 Å². The Morgan fingerprint density at radius 1 is 1.39 bits per heavy atom. The third-order valence-corrected chi connectivity index (χ3v) is 6.10. The average Bonchev–Trinajstić information content (AvgIpc) is 3.22. The predicted molar refractivity (Wildman–Crippen MR) is 113 cm³/mol. The zero-order valence-corrected chi connectivity index (χ0v) is 17.7. The first kappa shape index (κ1) is 18.8. The first-order chi connectivity index (χ1) is 13.4. The first-order valence-corrected chi connectivity index (χ1v) is 10.6. The summed E-state index contributed by atoms with van der Waals surface area (Å²) in [4.78, 5) is 21.9. The van der Waals surface area contributed by atoms with Gasteiger partial charge in [0.15, 0.2) is 5.13 Å². The summed E-state index contributed by atoms with van der Waals surface area (Å²) in [6, 6.07) is 4.42. The van der Waals surface area contributed by atoms with Gasteiger partial charge in [-0.1, -0.05) is 25.2 Å². The molecule has 0 aliphatic heterocycles. The van der Waals surface area contributed by atoms with Crippen molar-refractivity contribution in [2.24, 2.45) is 0 Å². The van der Waals surface area contributed by atoms with Crippen LogP contribution in [-0.2, 0) is 17.6 Å². The molecule has 1 atom stereocenters. The Bertz CT molecular complexity index is 1030. The van der Waals surface area contributed by atoms with Crippen LogP contribution in [0.3, 0.4) is 0 Å². The average molecular weight is 396 g/mol. The smallest absolute Gasteiger partial charge is 0.223 e. The number of hydrogen-bond acceptors (Lipinski definition) is 5. The maximum Gasteiger partial charge on any atom is 0.223 e. The van der Waals surface area contributed by atoms with Crippen LogP contribution in [0.2, 0.25) is 0 Å². The lowest BCUT2D eigenvalue weighted by Crippen LogP contribution is -2.11. The third kappa shape index (κ3) is 3.13. The second-order valence-corrected chi connectivity index (χ2v) is 8.62. The second-order valence-electron chi connectivity index (χ2n) is 7.62. The fourth-order valence-electron chi connectivity index (χ4n) is 3.77. The van der Waals surface area contributed by atoms with Gasteiger partial charge in [0.1, 0.15) is 0 Å². The Hall–Kier alpha value is -2.54. The largest absolute Gasteiger partial charge is 0.302 e. The van der Waals surface area contributed by atoms with E-state index in [1.807, 2.05) is 6.20 Å². The van der Waals surface area contributed by atoms with E-state index < -0.39 is 0 Å². The van der Waals surface area contributed by atoms with Crippen molar-refractivity contribution in [2.75, 3.05) is 5.32 Å². The molecule has 1 unspecified atom stereocenters. The van der Waals surface area contributed by atoms with Crippen molar-refractivity contribution in [3.8, 4) is 21.8 Å². The van der Waals surface area contributed by atoms with E-state index in [1.54, 1.807) is 0 Å². The Kier molecular flexibility index (Phi) is 4.79. The molecule has 0 fully saturated rings. The number of fused-ring (bicyclic) bond motifs is 3. The number of anilines is 1. The summed E-state index contributed by atoms with van der Waals surface area (Å²) in [5, 5.41) is 8.50. The molecule has 0 spiro atoms. The minimum absolute atomic E-state index is 0.0977. The number of rotatable bonds is 4. The van der Waals surface area contributed by atoms with Gasteiger partial charge in [0.2, 0.25) is 5.91 Å². The van der Waals surface area contributed by atoms with Crippen molar-refractivity contribution < 1.29 is 4.79 Å². The van der Waals surface area contributed by atoms with E-state index in [0.717, 1.165) is 46.1 Å². The highest BCUT2D eigenvalue weighted by Gasteiger charge is 2.33. The van der Waals surface area contributed by atoms with E-state index in [9.17, 15) is 4.79 Å². The standard InChI is InChI=1S/C21H25N5OS/c1-6-15-8-7-14(10-22-15)18-17-12(4)9-16-20(19(17)26(25-18)11(2)3)28-21(24-16)23-13(5)27/h7-8,10-12H,6,9H2,1-5H3,(H,23,24,27). The van der Waals surface area contributed by atoms with Gasteiger partial charge in [-0.3, -0.25) is 14.5 Å². The zero-order valence-electron chi connectivity index (χ0n) is 16.9. The number of aromatic nitrogens is 4. The van der Waals surface area contributed by atoms with Crippen molar-refractivity contribution in [3.63, 3.8) is 0 Å². The molecule has 6 nitrogen and oxygen atoms in total. The van der Waals surface area contributed by atoms with Gasteiger partial charge in [-0.05, 0) is 44.7 Å². The Morgan fingerprint density at radius 2 is 2.18 bits per heavy atom. The van der Waals surface area contributed by atoms with Crippen molar-refractivity contribution in [3.05, 3.63) is 35.3 Å². The summed E-state index contributed by atoms with van der Waals surface area (Å²) in [5.74, 6) is 0.197. The molecule has 3 aromatic rings. The summed E-state index contributed by atoms with van der Waals surface area (Å²) in [6.45, 7) is 10.1. The lowest BCUT2D eigenvalue weighted by Gasteiger charge is -2.21. The van der Waals surface area contributed by atoms with Crippen molar-refractivity contribution in [1.82, 2.24) is 19.7 Å². The van der Waals surface area contributed by atoms with Gasteiger partial charge in [0, 0.05) is 36.0 Å². The molecule has 1 aliphatic carbocycles. The molecule has 0 radical (unpaired) electrons. The van der Waals surface area contributed by atoms with Crippen LogP contribution in [0.15, 0.2) is 18.3 Å². The summed E-state index contributed by atoms with van der Waals surface area (Å²) in [6.07, 6.45) is 3.70. The highest BCUT2D eigenvalue weighted by Crippen LogP contribution is 2.48. The highest BCUT2D eigenvalue weighted by molar-refractivity contribution is 7.19. The molecule has 1 aliphatic rings. The molecule has 0 saturated heterocycles.